The average Bonchev–Trinajstić information content (AvgIpc) is 3.40. The van der Waals surface area contributed by atoms with E-state index in [1.54, 1.807) is 32.9 Å². The van der Waals surface area contributed by atoms with Crippen molar-refractivity contribution in [2.24, 2.45) is 5.73 Å². The van der Waals surface area contributed by atoms with Crippen molar-refractivity contribution in [3.05, 3.63) is 89.2 Å². The van der Waals surface area contributed by atoms with E-state index in [0.29, 0.717) is 23.4 Å². The Bertz CT molecular complexity index is 1640. The van der Waals surface area contributed by atoms with E-state index in [1.807, 2.05) is 67.0 Å². The van der Waals surface area contributed by atoms with Gasteiger partial charge in [-0.05, 0) is 70.9 Å². The Balaban J connectivity index is 1.54. The molecule has 5 N–H and O–H groups in total. The van der Waals surface area contributed by atoms with E-state index in [1.165, 1.54) is 6.07 Å². The fourth-order valence-corrected chi connectivity index (χ4v) is 4.60. The van der Waals surface area contributed by atoms with Crippen molar-refractivity contribution < 1.29 is 19.4 Å². The van der Waals surface area contributed by atoms with E-state index in [-0.39, 0.29) is 30.0 Å². The molecule has 10 heteroatoms. The predicted molar refractivity (Wildman–Crippen MR) is 164 cm³/mol. The van der Waals surface area contributed by atoms with Crippen LogP contribution in [0.1, 0.15) is 67.8 Å². The SMILES string of the molecule is CC(C)Oc1ccc(C(=O)N[C@H](CNC(=O)C(C)(C)N)Cc2ccc(-c3cn4cccc(C(C)O)c4n3)cc2)cc1C#N. The Morgan fingerprint density at radius 1 is 1.14 bits per heavy atom. The van der Waals surface area contributed by atoms with Crippen LogP contribution in [0.5, 0.6) is 5.75 Å². The van der Waals surface area contributed by atoms with Gasteiger partial charge in [-0.1, -0.05) is 30.3 Å². The second-order valence-corrected chi connectivity index (χ2v) is 11.5. The summed E-state index contributed by atoms with van der Waals surface area (Å²) >= 11 is 0. The second-order valence-electron chi connectivity index (χ2n) is 11.5. The maximum atomic E-state index is 13.3. The van der Waals surface area contributed by atoms with Crippen LogP contribution < -0.4 is 21.1 Å². The van der Waals surface area contributed by atoms with Crippen LogP contribution in [0.4, 0.5) is 0 Å². The minimum atomic E-state index is -1.08. The Hall–Kier alpha value is -4.72. The van der Waals surface area contributed by atoms with Gasteiger partial charge in [-0.25, -0.2) is 4.98 Å². The zero-order valence-corrected chi connectivity index (χ0v) is 25.1. The van der Waals surface area contributed by atoms with Crippen LogP contribution in [-0.4, -0.2) is 50.5 Å². The predicted octanol–water partition coefficient (Wildman–Crippen LogP) is 3.91. The lowest BCUT2D eigenvalue weighted by atomic mass is 10.0. The Kier molecular flexibility index (Phi) is 9.49. The van der Waals surface area contributed by atoms with Gasteiger partial charge in [0.2, 0.25) is 5.91 Å². The molecule has 2 atom stereocenters. The maximum absolute atomic E-state index is 13.3. The number of carbonyl (C=O) groups excluding carboxylic acids is 2. The lowest BCUT2D eigenvalue weighted by Gasteiger charge is -2.23. The molecule has 2 amide bonds. The largest absolute Gasteiger partial charge is 0.490 e. The highest BCUT2D eigenvalue weighted by atomic mass is 16.5. The van der Waals surface area contributed by atoms with Crippen molar-refractivity contribution in [3.63, 3.8) is 0 Å². The molecule has 0 aliphatic carbocycles. The molecule has 0 fully saturated rings. The van der Waals surface area contributed by atoms with Gasteiger partial charge >= 0.3 is 0 Å². The number of rotatable bonds is 11. The summed E-state index contributed by atoms with van der Waals surface area (Å²) in [5.74, 6) is -0.308. The third-order valence-corrected chi connectivity index (χ3v) is 6.85. The highest BCUT2D eigenvalue weighted by Gasteiger charge is 2.24. The van der Waals surface area contributed by atoms with Crippen LogP contribution >= 0.6 is 0 Å². The van der Waals surface area contributed by atoms with E-state index >= 15 is 0 Å². The molecule has 0 aliphatic heterocycles. The molecule has 2 aromatic heterocycles. The van der Waals surface area contributed by atoms with Gasteiger partial charge in [-0.15, -0.1) is 0 Å². The van der Waals surface area contributed by atoms with Crippen molar-refractivity contribution in [2.75, 3.05) is 6.54 Å². The molecule has 2 aromatic carbocycles. The smallest absolute Gasteiger partial charge is 0.251 e. The first-order valence-corrected chi connectivity index (χ1v) is 14.2. The minimum absolute atomic E-state index is 0.118. The molecule has 4 aromatic rings. The number of imidazole rings is 1. The topological polar surface area (TPSA) is 155 Å². The molecule has 0 spiro atoms. The number of nitrogens with zero attached hydrogens (tertiary/aromatic N) is 3. The molecular formula is C33H38N6O4. The number of nitrogens with two attached hydrogens (primary N) is 1. The summed E-state index contributed by atoms with van der Waals surface area (Å²) in [5, 5.41) is 25.5. The number of aromatic nitrogens is 2. The monoisotopic (exact) mass is 582 g/mol. The zero-order valence-electron chi connectivity index (χ0n) is 25.1. The number of aliphatic hydroxyl groups excluding tert-OH is 1. The first-order valence-electron chi connectivity index (χ1n) is 14.2. The number of nitrogens with one attached hydrogen (secondary N) is 2. The second kappa shape index (κ2) is 13.1. The number of aliphatic hydroxyl groups is 1. The number of amides is 2. The van der Waals surface area contributed by atoms with Gasteiger partial charge in [0.05, 0.1) is 35.0 Å². The number of carbonyl (C=O) groups is 2. The lowest BCUT2D eigenvalue weighted by molar-refractivity contribution is -0.125. The third kappa shape index (κ3) is 7.77. The van der Waals surface area contributed by atoms with Crippen LogP contribution in [0.25, 0.3) is 16.9 Å². The molecule has 0 bridgehead atoms. The molecule has 0 aliphatic rings. The molecule has 0 saturated heterocycles. The average molecular weight is 583 g/mol. The Labute approximate surface area is 251 Å². The molecule has 43 heavy (non-hydrogen) atoms. The first kappa shape index (κ1) is 31.2. The molecule has 10 nitrogen and oxygen atoms in total. The molecule has 0 saturated carbocycles. The van der Waals surface area contributed by atoms with Crippen LogP contribution in [-0.2, 0) is 11.2 Å². The van der Waals surface area contributed by atoms with Gasteiger partial charge in [0.15, 0.2) is 0 Å². The maximum Gasteiger partial charge on any atom is 0.251 e. The quantitative estimate of drug-likeness (QED) is 0.209. The summed E-state index contributed by atoms with van der Waals surface area (Å²) in [4.78, 5) is 30.5. The Morgan fingerprint density at radius 3 is 2.49 bits per heavy atom. The molecule has 224 valence electrons. The van der Waals surface area contributed by atoms with Gasteiger partial charge in [-0.2, -0.15) is 5.26 Å². The standard InChI is InChI=1S/C33H38N6O4/c1-20(2)43-29-13-12-24(16-25(29)17-34)31(41)37-26(18-36-32(42)33(4,5)35)15-22-8-10-23(11-9-22)28-19-39-14-6-7-27(21(3)40)30(39)38-28/h6-14,16,19-21,26,40H,15,18,35H2,1-5H3,(H,36,42)(H,37,41)/t21?,26-/m0/s1. The van der Waals surface area contributed by atoms with Crippen LogP contribution in [0, 0.1) is 11.3 Å². The van der Waals surface area contributed by atoms with Gasteiger partial charge in [0.25, 0.3) is 5.91 Å². The van der Waals surface area contributed by atoms with Crippen molar-refractivity contribution in [1.82, 2.24) is 20.0 Å². The normalized spacial score (nSPS) is 12.9. The van der Waals surface area contributed by atoms with E-state index in [0.717, 1.165) is 22.4 Å². The molecule has 0 radical (unpaired) electrons. The van der Waals surface area contributed by atoms with E-state index in [4.69, 9.17) is 15.5 Å². The number of hydrogen-bond acceptors (Lipinski definition) is 7. The highest BCUT2D eigenvalue weighted by Crippen LogP contribution is 2.25. The van der Waals surface area contributed by atoms with Gasteiger partial charge in [0.1, 0.15) is 17.5 Å². The van der Waals surface area contributed by atoms with E-state index in [9.17, 15) is 20.0 Å². The highest BCUT2D eigenvalue weighted by molar-refractivity contribution is 5.95. The number of pyridine rings is 1. The van der Waals surface area contributed by atoms with Crippen molar-refractivity contribution in [2.45, 2.75) is 64.8 Å². The first-order chi connectivity index (χ1) is 20.3. The fourth-order valence-electron chi connectivity index (χ4n) is 4.60. The van der Waals surface area contributed by atoms with Gasteiger partial charge in [-0.3, -0.25) is 9.59 Å². The fraction of sp³-hybridized carbons (Fsp3) is 0.333. The molecular weight excluding hydrogens is 544 g/mol. The summed E-state index contributed by atoms with van der Waals surface area (Å²) in [6.45, 7) is 8.82. The third-order valence-electron chi connectivity index (χ3n) is 6.85. The lowest BCUT2D eigenvalue weighted by Crippen LogP contribution is -2.53. The summed E-state index contributed by atoms with van der Waals surface area (Å²) in [6.07, 6.45) is 3.47. The number of benzene rings is 2. The van der Waals surface area contributed by atoms with Crippen molar-refractivity contribution >= 4 is 17.5 Å². The van der Waals surface area contributed by atoms with Crippen LogP contribution in [0.2, 0.25) is 0 Å². The van der Waals surface area contributed by atoms with E-state index in [2.05, 4.69) is 16.7 Å². The molecule has 2 heterocycles. The molecule has 1 unspecified atom stereocenters. The van der Waals surface area contributed by atoms with Gasteiger partial charge < -0.3 is 30.6 Å². The van der Waals surface area contributed by atoms with Crippen LogP contribution in [0.15, 0.2) is 67.0 Å². The number of fused-ring (bicyclic) bond motifs is 1. The minimum Gasteiger partial charge on any atom is -0.490 e. The van der Waals surface area contributed by atoms with Crippen molar-refractivity contribution in [1.29, 1.82) is 5.26 Å². The van der Waals surface area contributed by atoms with E-state index < -0.39 is 17.7 Å². The van der Waals surface area contributed by atoms with Gasteiger partial charge in [0, 0.05) is 35.6 Å². The Morgan fingerprint density at radius 2 is 1.86 bits per heavy atom. The summed E-state index contributed by atoms with van der Waals surface area (Å²) in [7, 11) is 0. The van der Waals surface area contributed by atoms with Crippen LogP contribution in [0.3, 0.4) is 0 Å². The number of hydrogen-bond donors (Lipinski definition) is 4. The summed E-state index contributed by atoms with van der Waals surface area (Å²) in [6, 6.07) is 17.9. The molecule has 4 rings (SSSR count). The summed E-state index contributed by atoms with van der Waals surface area (Å²) < 4.78 is 7.56. The number of ether oxygens (including phenoxy) is 1. The summed E-state index contributed by atoms with van der Waals surface area (Å²) in [5.41, 5.74) is 9.48. The number of nitriles is 1. The van der Waals surface area contributed by atoms with Crippen molar-refractivity contribution in [3.8, 4) is 23.1 Å². The zero-order chi connectivity index (χ0) is 31.3.